The van der Waals surface area contributed by atoms with Crippen LogP contribution in [0.25, 0.3) is 0 Å². The van der Waals surface area contributed by atoms with E-state index in [4.69, 9.17) is 0 Å². The highest BCUT2D eigenvalue weighted by atomic mass is 35.5. The van der Waals surface area contributed by atoms with Gasteiger partial charge in [0.2, 0.25) is 5.91 Å². The summed E-state index contributed by atoms with van der Waals surface area (Å²) in [6.45, 7) is 9.13. The van der Waals surface area contributed by atoms with Gasteiger partial charge in [0, 0.05) is 51.2 Å². The normalized spacial score (nSPS) is 28.9. The molecule has 2 bridgehead atoms. The number of fused-ring (bicyclic) bond motifs is 2. The topological polar surface area (TPSA) is 38.8 Å². The van der Waals surface area contributed by atoms with Crippen LogP contribution >= 0.6 is 12.4 Å². The van der Waals surface area contributed by atoms with Gasteiger partial charge in [-0.25, -0.2) is 0 Å². The fraction of sp³-hybridized carbons (Fsp3) is 0.750. The highest BCUT2D eigenvalue weighted by molar-refractivity contribution is 5.85. The Hall–Kier alpha value is -1.14. The third-order valence-electron chi connectivity index (χ3n) is 8.76. The van der Waals surface area contributed by atoms with E-state index in [0.717, 1.165) is 63.3 Å². The van der Waals surface area contributed by atoms with E-state index in [1.54, 1.807) is 0 Å². The molecule has 0 aromatic heterocycles. The highest BCUT2D eigenvalue weighted by Gasteiger charge is 2.36. The van der Waals surface area contributed by atoms with Crippen molar-refractivity contribution in [1.29, 1.82) is 0 Å². The van der Waals surface area contributed by atoms with Gasteiger partial charge in [-0.2, -0.15) is 0 Å². The van der Waals surface area contributed by atoms with E-state index in [1.807, 2.05) is 0 Å². The first kappa shape index (κ1) is 25.9. The molecule has 190 valence electrons. The van der Waals surface area contributed by atoms with Crippen LogP contribution < -0.4 is 5.32 Å². The van der Waals surface area contributed by atoms with Gasteiger partial charge in [-0.15, -0.1) is 12.4 Å². The van der Waals surface area contributed by atoms with Crippen LogP contribution in [-0.2, 0) is 11.3 Å². The van der Waals surface area contributed by atoms with Crippen molar-refractivity contribution in [2.45, 2.75) is 76.4 Å². The van der Waals surface area contributed by atoms with Gasteiger partial charge in [0.25, 0.3) is 0 Å². The minimum absolute atomic E-state index is 0. The summed E-state index contributed by atoms with van der Waals surface area (Å²) in [5, 5.41) is 3.84. The molecule has 0 unspecified atom stereocenters. The summed E-state index contributed by atoms with van der Waals surface area (Å²) in [5.41, 5.74) is 1.43. The summed E-state index contributed by atoms with van der Waals surface area (Å²) >= 11 is 0. The molecule has 4 aliphatic heterocycles. The number of hydrogen-bond acceptors (Lipinski definition) is 4. The fourth-order valence-corrected chi connectivity index (χ4v) is 6.98. The zero-order chi connectivity index (χ0) is 22.5. The molecular weight excluding hydrogens is 444 g/mol. The Morgan fingerprint density at radius 2 is 1.74 bits per heavy atom. The van der Waals surface area contributed by atoms with Crippen molar-refractivity contribution in [3.05, 3.63) is 35.9 Å². The van der Waals surface area contributed by atoms with Gasteiger partial charge in [0.05, 0.1) is 0 Å². The second-order valence-corrected chi connectivity index (χ2v) is 11.2. The Bertz CT molecular complexity index is 748. The summed E-state index contributed by atoms with van der Waals surface area (Å²) in [7, 11) is 0. The molecule has 34 heavy (non-hydrogen) atoms. The molecule has 1 N–H and O–H groups in total. The Morgan fingerprint density at radius 1 is 0.971 bits per heavy atom. The van der Waals surface area contributed by atoms with E-state index in [2.05, 4.69) is 50.3 Å². The average Bonchev–Trinajstić information content (AvgIpc) is 2.86. The third kappa shape index (κ3) is 6.75. The van der Waals surface area contributed by atoms with Crippen LogP contribution in [0, 0.1) is 11.8 Å². The lowest BCUT2D eigenvalue weighted by atomic mass is 9.79. The number of benzene rings is 1. The van der Waals surface area contributed by atoms with Crippen LogP contribution in [0.2, 0.25) is 0 Å². The first-order valence-electron chi connectivity index (χ1n) is 13.8. The Morgan fingerprint density at radius 3 is 2.50 bits per heavy atom. The number of likely N-dealkylation sites (tertiary alicyclic amines) is 3. The molecule has 0 spiro atoms. The predicted octanol–water partition coefficient (Wildman–Crippen LogP) is 4.17. The molecule has 4 saturated heterocycles. The van der Waals surface area contributed by atoms with Crippen LogP contribution in [0.5, 0.6) is 0 Å². The minimum Gasteiger partial charge on any atom is -0.343 e. The lowest BCUT2D eigenvalue weighted by Crippen LogP contribution is -2.55. The molecule has 6 heteroatoms. The number of carbonyl (C=O) groups excluding carboxylic acids is 1. The van der Waals surface area contributed by atoms with Gasteiger partial charge >= 0.3 is 0 Å². The molecule has 0 aliphatic carbocycles. The van der Waals surface area contributed by atoms with Crippen molar-refractivity contribution in [2.75, 3.05) is 45.8 Å². The summed E-state index contributed by atoms with van der Waals surface area (Å²) in [6.07, 6.45) is 10.7. The monoisotopic (exact) mass is 488 g/mol. The largest absolute Gasteiger partial charge is 0.343 e. The first-order chi connectivity index (χ1) is 16.2. The van der Waals surface area contributed by atoms with Crippen molar-refractivity contribution in [3.63, 3.8) is 0 Å². The van der Waals surface area contributed by atoms with Gasteiger partial charge in [0.15, 0.2) is 0 Å². The molecule has 0 radical (unpaired) electrons. The number of halogens is 1. The number of amides is 1. The third-order valence-corrected chi connectivity index (χ3v) is 8.76. The zero-order valence-electron chi connectivity index (χ0n) is 20.9. The number of hydrogen-bond donors (Lipinski definition) is 1. The standard InChI is InChI=1S/C28H44N4O.ClH/c33-28(32-16-12-26(13-17-32)31-14-5-2-6-15-31)11-7-10-27-25-18-24(19-29-27)21-30(22-25)20-23-8-3-1-4-9-23;/h1,3-4,8-9,24-27,29H,2,5-7,10-22H2;1H/t24-,25-,27+;/m0./s1. The van der Waals surface area contributed by atoms with Crippen LogP contribution in [0.3, 0.4) is 0 Å². The van der Waals surface area contributed by atoms with Gasteiger partial charge in [-0.1, -0.05) is 36.8 Å². The number of piperidine rings is 4. The van der Waals surface area contributed by atoms with Crippen molar-refractivity contribution in [3.8, 4) is 0 Å². The number of carbonyl (C=O) groups is 1. The zero-order valence-corrected chi connectivity index (χ0v) is 21.7. The maximum absolute atomic E-state index is 12.9. The minimum atomic E-state index is 0. The maximum Gasteiger partial charge on any atom is 0.222 e. The second-order valence-electron chi connectivity index (χ2n) is 11.2. The van der Waals surface area contributed by atoms with Crippen LogP contribution in [0.15, 0.2) is 30.3 Å². The molecule has 4 fully saturated rings. The molecule has 1 aromatic rings. The Kier molecular flexibility index (Phi) is 9.70. The van der Waals surface area contributed by atoms with Crippen LogP contribution in [0.1, 0.15) is 63.4 Å². The molecular formula is C28H45ClN4O. The van der Waals surface area contributed by atoms with E-state index < -0.39 is 0 Å². The summed E-state index contributed by atoms with van der Waals surface area (Å²) in [6, 6.07) is 12.2. The van der Waals surface area contributed by atoms with E-state index in [9.17, 15) is 4.79 Å². The van der Waals surface area contributed by atoms with Gasteiger partial charge in [-0.05, 0) is 82.0 Å². The van der Waals surface area contributed by atoms with Crippen LogP contribution in [0.4, 0.5) is 0 Å². The van der Waals surface area contributed by atoms with Crippen LogP contribution in [-0.4, -0.2) is 78.5 Å². The smallest absolute Gasteiger partial charge is 0.222 e. The van der Waals surface area contributed by atoms with Gasteiger partial charge < -0.3 is 15.1 Å². The molecule has 1 amide bonds. The van der Waals surface area contributed by atoms with Gasteiger partial charge in [-0.3, -0.25) is 9.69 Å². The Labute approximate surface area is 213 Å². The quantitative estimate of drug-likeness (QED) is 0.625. The maximum atomic E-state index is 12.9. The molecule has 3 atom stereocenters. The van der Waals surface area contributed by atoms with Crippen molar-refractivity contribution in [1.82, 2.24) is 20.0 Å². The summed E-state index contributed by atoms with van der Waals surface area (Å²) < 4.78 is 0. The second kappa shape index (κ2) is 12.7. The Balaban J connectivity index is 0.00000274. The molecule has 4 aliphatic rings. The van der Waals surface area contributed by atoms with E-state index in [-0.39, 0.29) is 12.4 Å². The number of nitrogens with zero attached hydrogens (tertiary/aromatic N) is 3. The van der Waals surface area contributed by atoms with Crippen molar-refractivity contribution < 1.29 is 4.79 Å². The number of nitrogens with one attached hydrogen (secondary N) is 1. The predicted molar refractivity (Wildman–Crippen MR) is 141 cm³/mol. The van der Waals surface area contributed by atoms with E-state index in [0.29, 0.717) is 11.9 Å². The van der Waals surface area contributed by atoms with Crippen molar-refractivity contribution >= 4 is 18.3 Å². The molecule has 5 nitrogen and oxygen atoms in total. The van der Waals surface area contributed by atoms with Crippen molar-refractivity contribution in [2.24, 2.45) is 11.8 Å². The van der Waals surface area contributed by atoms with E-state index >= 15 is 0 Å². The molecule has 5 rings (SSSR count). The van der Waals surface area contributed by atoms with Gasteiger partial charge in [0.1, 0.15) is 0 Å². The summed E-state index contributed by atoms with van der Waals surface area (Å²) in [4.78, 5) is 20.4. The molecule has 1 aromatic carbocycles. The molecule has 0 saturated carbocycles. The lowest BCUT2D eigenvalue weighted by Gasteiger charge is -2.46. The fourth-order valence-electron chi connectivity index (χ4n) is 6.98. The average molecular weight is 489 g/mol. The number of rotatable bonds is 7. The molecule has 4 heterocycles. The SMILES string of the molecule is Cl.O=C(CCC[C@H]1NC[C@@H]2C[C@H]1CN(Cc1ccccc1)C2)N1CCC(N2CCCCC2)CC1. The summed E-state index contributed by atoms with van der Waals surface area (Å²) in [5.74, 6) is 1.92. The first-order valence-corrected chi connectivity index (χ1v) is 13.8. The van der Waals surface area contributed by atoms with E-state index in [1.165, 1.54) is 70.3 Å². The highest BCUT2D eigenvalue weighted by Crippen LogP contribution is 2.31. The lowest BCUT2D eigenvalue weighted by molar-refractivity contribution is -0.133.